The highest BCUT2D eigenvalue weighted by atomic mass is 32.2. The van der Waals surface area contributed by atoms with Crippen LogP contribution in [0.5, 0.6) is 0 Å². The highest BCUT2D eigenvalue weighted by Crippen LogP contribution is 2.36. The fraction of sp³-hybridized carbons (Fsp3) is 0.174. The van der Waals surface area contributed by atoms with Crippen LogP contribution in [0, 0.1) is 10.1 Å². The molecule has 3 aromatic rings. The van der Waals surface area contributed by atoms with Crippen LogP contribution in [0.4, 0.5) is 11.4 Å². The van der Waals surface area contributed by atoms with Crippen LogP contribution in [0.1, 0.15) is 28.4 Å². The number of anilines is 1. The van der Waals surface area contributed by atoms with Gasteiger partial charge in [-0.25, -0.2) is 13.2 Å². The summed E-state index contributed by atoms with van der Waals surface area (Å²) in [7, 11) is -3.89. The van der Waals surface area contributed by atoms with Crippen molar-refractivity contribution in [2.24, 2.45) is 0 Å². The number of non-ortho nitro benzene ring substituents is 1. The number of nitrogens with zero attached hydrogens (tertiary/aromatic N) is 2. The Morgan fingerprint density at radius 1 is 1.09 bits per heavy atom. The van der Waals surface area contributed by atoms with Crippen molar-refractivity contribution < 1.29 is 22.9 Å². The summed E-state index contributed by atoms with van der Waals surface area (Å²) in [6.45, 7) is 1.67. The molecule has 1 unspecified atom stereocenters. The Bertz CT molecular complexity index is 1310. The molecule has 0 saturated heterocycles. The summed E-state index contributed by atoms with van der Waals surface area (Å²) in [5.41, 5.74) is 2.02. The standard InChI is InChI=1S/C23H20N2O6S/c1-16-12-18-7-2-3-11-22(18)24(16)32(29,30)21-10-5-8-19(14-21)23(26)31-15-17-6-4-9-20(13-17)25(27)28/h2-11,13-14,16H,12,15H2,1H3. The quantitative estimate of drug-likeness (QED) is 0.317. The largest absolute Gasteiger partial charge is 0.457 e. The van der Waals surface area contributed by atoms with Gasteiger partial charge in [0.25, 0.3) is 15.7 Å². The molecule has 0 spiro atoms. The number of esters is 1. The summed E-state index contributed by atoms with van der Waals surface area (Å²) >= 11 is 0. The number of sulfonamides is 1. The van der Waals surface area contributed by atoms with Crippen LogP contribution in [0.15, 0.2) is 77.7 Å². The normalized spacial score (nSPS) is 15.3. The van der Waals surface area contributed by atoms with Crippen LogP contribution in [-0.2, 0) is 27.8 Å². The Labute approximate surface area is 185 Å². The summed E-state index contributed by atoms with van der Waals surface area (Å²) in [5.74, 6) is -0.719. The molecule has 0 saturated carbocycles. The lowest BCUT2D eigenvalue weighted by Gasteiger charge is -2.24. The lowest BCUT2D eigenvalue weighted by molar-refractivity contribution is -0.384. The van der Waals surface area contributed by atoms with E-state index in [1.807, 2.05) is 19.1 Å². The lowest BCUT2D eigenvalue weighted by Crippen LogP contribution is -2.35. The zero-order valence-electron chi connectivity index (χ0n) is 17.2. The van der Waals surface area contributed by atoms with Crippen molar-refractivity contribution in [3.05, 3.63) is 99.6 Å². The molecular weight excluding hydrogens is 432 g/mol. The first-order valence-electron chi connectivity index (χ1n) is 9.90. The predicted molar refractivity (Wildman–Crippen MR) is 118 cm³/mol. The van der Waals surface area contributed by atoms with Gasteiger partial charge in [0.2, 0.25) is 0 Å². The van der Waals surface area contributed by atoms with Crippen molar-refractivity contribution in [3.63, 3.8) is 0 Å². The molecule has 0 aromatic heterocycles. The second kappa shape index (κ2) is 8.43. The second-order valence-electron chi connectivity index (χ2n) is 7.51. The van der Waals surface area contributed by atoms with Crippen LogP contribution in [-0.4, -0.2) is 25.4 Å². The van der Waals surface area contributed by atoms with Gasteiger partial charge in [0.1, 0.15) is 6.61 Å². The Kier molecular flexibility index (Phi) is 5.67. The number of benzene rings is 3. The Hall–Kier alpha value is -3.72. The van der Waals surface area contributed by atoms with Gasteiger partial charge in [0.15, 0.2) is 0 Å². The maximum Gasteiger partial charge on any atom is 0.338 e. The van der Waals surface area contributed by atoms with Gasteiger partial charge < -0.3 is 4.74 Å². The lowest BCUT2D eigenvalue weighted by atomic mass is 10.1. The van der Waals surface area contributed by atoms with Crippen molar-refractivity contribution in [2.45, 2.75) is 30.9 Å². The van der Waals surface area contributed by atoms with Crippen LogP contribution < -0.4 is 4.31 Å². The fourth-order valence-electron chi connectivity index (χ4n) is 3.79. The summed E-state index contributed by atoms with van der Waals surface area (Å²) < 4.78 is 33.4. The number of nitro groups is 1. The van der Waals surface area contributed by atoms with Gasteiger partial charge in [-0.3, -0.25) is 14.4 Å². The Morgan fingerprint density at radius 3 is 2.62 bits per heavy atom. The van der Waals surface area contributed by atoms with Gasteiger partial charge in [-0.2, -0.15) is 0 Å². The van der Waals surface area contributed by atoms with Gasteiger partial charge in [0.05, 0.1) is 21.1 Å². The zero-order valence-corrected chi connectivity index (χ0v) is 18.0. The topological polar surface area (TPSA) is 107 Å². The van der Waals surface area contributed by atoms with E-state index in [2.05, 4.69) is 0 Å². The molecule has 0 amide bonds. The number of ether oxygens (including phenoxy) is 1. The van der Waals surface area contributed by atoms with E-state index in [1.165, 1.54) is 46.8 Å². The summed E-state index contributed by atoms with van der Waals surface area (Å²) in [6.07, 6.45) is 0.611. The molecule has 1 heterocycles. The number of rotatable bonds is 6. The average Bonchev–Trinajstić information content (AvgIpc) is 3.14. The molecule has 3 aromatic carbocycles. The van der Waals surface area contributed by atoms with Crippen LogP contribution in [0.3, 0.4) is 0 Å². The maximum absolute atomic E-state index is 13.4. The number of carbonyl (C=O) groups excluding carboxylic acids is 1. The SMILES string of the molecule is CC1Cc2ccccc2N1S(=O)(=O)c1cccc(C(=O)OCc2cccc([N+](=O)[O-])c2)c1. The highest BCUT2D eigenvalue weighted by Gasteiger charge is 2.36. The van der Waals surface area contributed by atoms with Crippen molar-refractivity contribution in [1.82, 2.24) is 0 Å². The minimum Gasteiger partial charge on any atom is -0.457 e. The smallest absolute Gasteiger partial charge is 0.338 e. The van der Waals surface area contributed by atoms with E-state index in [9.17, 15) is 23.3 Å². The number of hydrogen-bond acceptors (Lipinski definition) is 6. The number of hydrogen-bond donors (Lipinski definition) is 0. The first kappa shape index (κ1) is 21.5. The van der Waals surface area contributed by atoms with Gasteiger partial charge in [-0.05, 0) is 48.7 Å². The molecular formula is C23H20N2O6S. The number of carbonyl (C=O) groups is 1. The minimum absolute atomic E-state index is 0.00847. The van der Waals surface area contributed by atoms with E-state index < -0.39 is 20.9 Å². The zero-order chi connectivity index (χ0) is 22.9. The molecule has 9 heteroatoms. The van der Waals surface area contributed by atoms with Crippen LogP contribution in [0.25, 0.3) is 0 Å². The van der Waals surface area contributed by atoms with Crippen molar-refractivity contribution in [2.75, 3.05) is 4.31 Å². The van der Waals surface area contributed by atoms with E-state index in [4.69, 9.17) is 4.74 Å². The summed E-state index contributed by atoms with van der Waals surface area (Å²) in [5, 5.41) is 10.9. The van der Waals surface area contributed by atoms with Gasteiger partial charge in [-0.1, -0.05) is 36.4 Å². The Balaban J connectivity index is 1.55. The van der Waals surface area contributed by atoms with Crippen molar-refractivity contribution in [3.8, 4) is 0 Å². The van der Waals surface area contributed by atoms with Gasteiger partial charge >= 0.3 is 5.97 Å². The molecule has 0 radical (unpaired) electrons. The molecule has 1 atom stereocenters. The molecule has 0 aliphatic carbocycles. The highest BCUT2D eigenvalue weighted by molar-refractivity contribution is 7.92. The average molecular weight is 452 g/mol. The minimum atomic E-state index is -3.89. The van der Waals surface area contributed by atoms with E-state index in [-0.39, 0.29) is 28.8 Å². The molecule has 4 rings (SSSR count). The first-order valence-corrected chi connectivity index (χ1v) is 11.3. The number of para-hydroxylation sites is 1. The van der Waals surface area contributed by atoms with Crippen molar-refractivity contribution >= 4 is 27.4 Å². The Morgan fingerprint density at radius 2 is 1.84 bits per heavy atom. The first-order chi connectivity index (χ1) is 15.3. The second-order valence-corrected chi connectivity index (χ2v) is 9.33. The molecule has 1 aliphatic heterocycles. The maximum atomic E-state index is 13.4. The molecule has 0 bridgehead atoms. The third-order valence-electron chi connectivity index (χ3n) is 5.26. The van der Waals surface area contributed by atoms with E-state index in [0.717, 1.165) is 5.56 Å². The molecule has 164 valence electrons. The monoisotopic (exact) mass is 452 g/mol. The summed E-state index contributed by atoms with van der Waals surface area (Å²) in [6, 6.07) is 18.6. The van der Waals surface area contributed by atoms with Crippen molar-refractivity contribution in [1.29, 1.82) is 0 Å². The fourth-order valence-corrected chi connectivity index (χ4v) is 5.53. The van der Waals surface area contributed by atoms with Crippen LogP contribution in [0.2, 0.25) is 0 Å². The third kappa shape index (κ3) is 4.06. The number of nitro benzene ring substituents is 1. The number of fused-ring (bicyclic) bond motifs is 1. The molecule has 0 fully saturated rings. The van der Waals surface area contributed by atoms with Gasteiger partial charge in [-0.15, -0.1) is 0 Å². The van der Waals surface area contributed by atoms with E-state index in [0.29, 0.717) is 17.7 Å². The molecule has 8 nitrogen and oxygen atoms in total. The third-order valence-corrected chi connectivity index (χ3v) is 7.19. The summed E-state index contributed by atoms with van der Waals surface area (Å²) in [4.78, 5) is 22.9. The molecule has 0 N–H and O–H groups in total. The predicted octanol–water partition coefficient (Wildman–Crippen LogP) is 4.09. The van der Waals surface area contributed by atoms with E-state index >= 15 is 0 Å². The molecule has 1 aliphatic rings. The molecule has 32 heavy (non-hydrogen) atoms. The van der Waals surface area contributed by atoms with E-state index in [1.54, 1.807) is 18.2 Å². The van der Waals surface area contributed by atoms with Gasteiger partial charge in [0, 0.05) is 18.2 Å². The van der Waals surface area contributed by atoms with Crippen LogP contribution >= 0.6 is 0 Å².